The molecule has 3 heteroatoms. The third-order valence-electron chi connectivity index (χ3n) is 4.96. The Labute approximate surface area is 126 Å². The van der Waals surface area contributed by atoms with Crippen LogP contribution in [0.15, 0.2) is 28.7 Å². The summed E-state index contributed by atoms with van der Waals surface area (Å²) in [5, 5.41) is 1.12. The number of rotatable bonds is 3. The maximum Gasteiger partial charge on any atom is 0.134 e. The zero-order valence-corrected chi connectivity index (χ0v) is 13.2. The van der Waals surface area contributed by atoms with Crippen LogP contribution in [0.4, 0.5) is 0 Å². The summed E-state index contributed by atoms with van der Waals surface area (Å²) >= 11 is 0. The quantitative estimate of drug-likeness (QED) is 0.913. The molecule has 3 nitrogen and oxygen atoms in total. The lowest BCUT2D eigenvalue weighted by atomic mass is 9.74. The van der Waals surface area contributed by atoms with E-state index in [1.807, 2.05) is 6.07 Å². The summed E-state index contributed by atoms with van der Waals surface area (Å²) in [7, 11) is 1.78. The molecule has 1 fully saturated rings. The Kier molecular flexibility index (Phi) is 3.80. The molecule has 1 aromatic carbocycles. The standard InChI is InChI=1S/C18H25NO2/c1-12-6-7-15-14(9-12)10-16(21-15)17(19)18(20-3)8-4-5-13(2)11-18/h6-7,9-10,13,17H,4-5,8,11,19H2,1-3H3. The van der Waals surface area contributed by atoms with Crippen molar-refractivity contribution >= 4 is 11.0 Å². The van der Waals surface area contributed by atoms with E-state index in [-0.39, 0.29) is 11.6 Å². The minimum atomic E-state index is -0.291. The first kappa shape index (κ1) is 14.6. The Bertz CT molecular complexity index is 633. The van der Waals surface area contributed by atoms with Crippen molar-refractivity contribution < 1.29 is 9.15 Å². The molecule has 1 aliphatic carbocycles. The highest BCUT2D eigenvalue weighted by molar-refractivity contribution is 5.78. The Morgan fingerprint density at radius 2 is 2.19 bits per heavy atom. The van der Waals surface area contributed by atoms with Gasteiger partial charge in [0, 0.05) is 12.5 Å². The van der Waals surface area contributed by atoms with E-state index in [1.54, 1.807) is 7.11 Å². The second-order valence-corrected chi connectivity index (χ2v) is 6.64. The van der Waals surface area contributed by atoms with E-state index in [2.05, 4.69) is 32.0 Å². The van der Waals surface area contributed by atoms with Crippen molar-refractivity contribution in [2.45, 2.75) is 51.2 Å². The number of methoxy groups -OCH3 is 1. The van der Waals surface area contributed by atoms with Crippen molar-refractivity contribution in [1.82, 2.24) is 0 Å². The minimum absolute atomic E-state index is 0.210. The van der Waals surface area contributed by atoms with Gasteiger partial charge in [-0.15, -0.1) is 0 Å². The first-order valence-corrected chi connectivity index (χ1v) is 7.85. The van der Waals surface area contributed by atoms with Crippen LogP contribution in [0, 0.1) is 12.8 Å². The lowest BCUT2D eigenvalue weighted by Gasteiger charge is -2.42. The van der Waals surface area contributed by atoms with E-state index in [4.69, 9.17) is 14.9 Å². The third kappa shape index (κ3) is 2.60. The second-order valence-electron chi connectivity index (χ2n) is 6.64. The van der Waals surface area contributed by atoms with Gasteiger partial charge in [0.25, 0.3) is 0 Å². The Hall–Kier alpha value is -1.32. The van der Waals surface area contributed by atoms with Crippen molar-refractivity contribution in [3.63, 3.8) is 0 Å². The highest BCUT2D eigenvalue weighted by Crippen LogP contribution is 2.43. The summed E-state index contributed by atoms with van der Waals surface area (Å²) in [5.41, 5.74) is 8.41. The normalized spacial score (nSPS) is 27.9. The fraction of sp³-hybridized carbons (Fsp3) is 0.556. The molecule has 1 aliphatic rings. The van der Waals surface area contributed by atoms with Gasteiger partial charge in [0.1, 0.15) is 11.3 Å². The van der Waals surface area contributed by atoms with Gasteiger partial charge in [-0.3, -0.25) is 0 Å². The average Bonchev–Trinajstić information content (AvgIpc) is 2.89. The number of benzene rings is 1. The van der Waals surface area contributed by atoms with Gasteiger partial charge in [0.15, 0.2) is 0 Å². The number of hydrogen-bond acceptors (Lipinski definition) is 3. The first-order valence-electron chi connectivity index (χ1n) is 7.85. The molecule has 1 aromatic heterocycles. The molecular weight excluding hydrogens is 262 g/mol. The maximum absolute atomic E-state index is 6.56. The molecule has 2 N–H and O–H groups in total. The van der Waals surface area contributed by atoms with Crippen LogP contribution in [-0.4, -0.2) is 12.7 Å². The van der Waals surface area contributed by atoms with Gasteiger partial charge >= 0.3 is 0 Å². The molecule has 0 saturated heterocycles. The topological polar surface area (TPSA) is 48.4 Å². The Morgan fingerprint density at radius 1 is 1.38 bits per heavy atom. The molecule has 3 unspecified atom stereocenters. The van der Waals surface area contributed by atoms with Gasteiger partial charge in [0.2, 0.25) is 0 Å². The van der Waals surface area contributed by atoms with Crippen molar-refractivity contribution in [3.05, 3.63) is 35.6 Å². The molecule has 1 heterocycles. The monoisotopic (exact) mass is 287 g/mol. The van der Waals surface area contributed by atoms with Crippen molar-refractivity contribution in [3.8, 4) is 0 Å². The summed E-state index contributed by atoms with van der Waals surface area (Å²) in [6.07, 6.45) is 4.44. The van der Waals surface area contributed by atoms with E-state index < -0.39 is 0 Å². The van der Waals surface area contributed by atoms with Crippen LogP contribution in [0.2, 0.25) is 0 Å². The number of aryl methyl sites for hydroxylation is 1. The molecule has 114 valence electrons. The van der Waals surface area contributed by atoms with E-state index in [0.29, 0.717) is 5.92 Å². The van der Waals surface area contributed by atoms with Crippen LogP contribution in [0.3, 0.4) is 0 Å². The van der Waals surface area contributed by atoms with Crippen LogP contribution >= 0.6 is 0 Å². The van der Waals surface area contributed by atoms with Crippen LogP contribution < -0.4 is 5.73 Å². The van der Waals surface area contributed by atoms with E-state index in [9.17, 15) is 0 Å². The molecule has 0 spiro atoms. The molecule has 3 rings (SSSR count). The lowest BCUT2D eigenvalue weighted by Crippen LogP contribution is -2.46. The molecule has 0 amide bonds. The number of hydrogen-bond donors (Lipinski definition) is 1. The molecule has 2 aromatic rings. The number of ether oxygens (including phenoxy) is 1. The van der Waals surface area contributed by atoms with Gasteiger partial charge in [-0.2, -0.15) is 0 Å². The van der Waals surface area contributed by atoms with Gasteiger partial charge in [-0.25, -0.2) is 0 Å². The number of furan rings is 1. The molecular formula is C18H25NO2. The van der Waals surface area contributed by atoms with E-state index in [0.717, 1.165) is 29.6 Å². The van der Waals surface area contributed by atoms with Gasteiger partial charge in [-0.05, 0) is 43.9 Å². The summed E-state index contributed by atoms with van der Waals surface area (Å²) in [5.74, 6) is 1.49. The Morgan fingerprint density at radius 3 is 2.90 bits per heavy atom. The summed E-state index contributed by atoms with van der Waals surface area (Å²) in [6, 6.07) is 8.09. The van der Waals surface area contributed by atoms with Crippen molar-refractivity contribution in [2.24, 2.45) is 11.7 Å². The molecule has 0 bridgehead atoms. The third-order valence-corrected chi connectivity index (χ3v) is 4.96. The van der Waals surface area contributed by atoms with Crippen LogP contribution in [0.1, 0.15) is 50.0 Å². The average molecular weight is 287 g/mol. The van der Waals surface area contributed by atoms with Crippen molar-refractivity contribution in [2.75, 3.05) is 7.11 Å². The van der Waals surface area contributed by atoms with Crippen molar-refractivity contribution in [1.29, 1.82) is 0 Å². The predicted molar refractivity (Wildman–Crippen MR) is 85.3 cm³/mol. The molecule has 0 radical (unpaired) electrons. The van der Waals surface area contributed by atoms with Gasteiger partial charge in [-0.1, -0.05) is 31.4 Å². The largest absolute Gasteiger partial charge is 0.459 e. The van der Waals surface area contributed by atoms with Crippen LogP contribution in [0.25, 0.3) is 11.0 Å². The van der Waals surface area contributed by atoms with Gasteiger partial charge in [0.05, 0.1) is 11.6 Å². The number of fused-ring (bicyclic) bond motifs is 1. The predicted octanol–water partition coefficient (Wildman–Crippen LogP) is 4.34. The zero-order valence-electron chi connectivity index (χ0n) is 13.2. The summed E-state index contributed by atoms with van der Waals surface area (Å²) in [4.78, 5) is 0. The number of nitrogens with two attached hydrogens (primary N) is 1. The molecule has 21 heavy (non-hydrogen) atoms. The maximum atomic E-state index is 6.56. The van der Waals surface area contributed by atoms with Crippen LogP contribution in [-0.2, 0) is 4.74 Å². The first-order chi connectivity index (χ1) is 10.0. The minimum Gasteiger partial charge on any atom is -0.459 e. The second kappa shape index (κ2) is 5.47. The fourth-order valence-corrected chi connectivity index (χ4v) is 3.73. The Balaban J connectivity index is 1.96. The highest BCUT2D eigenvalue weighted by atomic mass is 16.5. The zero-order chi connectivity index (χ0) is 15.0. The SMILES string of the molecule is COC1(C(N)c2cc3cc(C)ccc3o2)CCCC(C)C1. The lowest BCUT2D eigenvalue weighted by molar-refractivity contribution is -0.0754. The van der Waals surface area contributed by atoms with Crippen LogP contribution in [0.5, 0.6) is 0 Å². The molecule has 1 saturated carbocycles. The van der Waals surface area contributed by atoms with E-state index >= 15 is 0 Å². The fourth-order valence-electron chi connectivity index (χ4n) is 3.73. The van der Waals surface area contributed by atoms with Gasteiger partial charge < -0.3 is 14.9 Å². The summed E-state index contributed by atoms with van der Waals surface area (Å²) in [6.45, 7) is 4.37. The summed E-state index contributed by atoms with van der Waals surface area (Å²) < 4.78 is 11.9. The molecule has 3 atom stereocenters. The van der Waals surface area contributed by atoms with E-state index in [1.165, 1.54) is 18.4 Å². The molecule has 0 aliphatic heterocycles. The smallest absolute Gasteiger partial charge is 0.134 e. The highest BCUT2D eigenvalue weighted by Gasteiger charge is 2.42.